The van der Waals surface area contributed by atoms with Crippen LogP contribution in [-0.4, -0.2) is 31.6 Å². The van der Waals surface area contributed by atoms with Crippen LogP contribution in [0.5, 0.6) is 0 Å². The summed E-state index contributed by atoms with van der Waals surface area (Å²) in [6.07, 6.45) is 3.18. The molecule has 8 nitrogen and oxygen atoms in total. The first-order valence-electron chi connectivity index (χ1n) is 8.33. The van der Waals surface area contributed by atoms with E-state index in [0.717, 1.165) is 5.56 Å². The summed E-state index contributed by atoms with van der Waals surface area (Å²) in [5.74, 6) is 0.412. The Morgan fingerprint density at radius 1 is 1.22 bits per heavy atom. The molecule has 0 fully saturated rings. The van der Waals surface area contributed by atoms with E-state index in [0.29, 0.717) is 16.6 Å². The van der Waals surface area contributed by atoms with Crippen molar-refractivity contribution in [1.82, 2.24) is 19.7 Å². The topological polar surface area (TPSA) is 102 Å². The van der Waals surface area contributed by atoms with Crippen molar-refractivity contribution in [3.05, 3.63) is 60.4 Å². The fourth-order valence-corrected chi connectivity index (χ4v) is 3.48. The number of benzene rings is 1. The molecule has 3 aromatic rings. The number of thioether (sulfide) groups is 1. The Labute approximate surface area is 159 Å². The predicted molar refractivity (Wildman–Crippen MR) is 101 cm³/mol. The van der Waals surface area contributed by atoms with E-state index in [1.165, 1.54) is 16.4 Å². The summed E-state index contributed by atoms with van der Waals surface area (Å²) in [6.45, 7) is 0. The number of nitrogens with one attached hydrogen (secondary N) is 2. The van der Waals surface area contributed by atoms with Crippen LogP contribution in [0.3, 0.4) is 0 Å². The largest absolute Gasteiger partial charge is 0.324 e. The molecule has 1 atom stereocenters. The Morgan fingerprint density at radius 2 is 2.00 bits per heavy atom. The molecule has 0 spiro atoms. The number of carbonyl (C=O) groups is 2. The third-order valence-electron chi connectivity index (χ3n) is 4.00. The third-order valence-corrected chi connectivity index (χ3v) is 4.91. The number of anilines is 2. The van der Waals surface area contributed by atoms with Gasteiger partial charge in [0.2, 0.25) is 22.9 Å². The van der Waals surface area contributed by atoms with Crippen LogP contribution in [0, 0.1) is 0 Å². The van der Waals surface area contributed by atoms with Crippen LogP contribution in [0.15, 0.2) is 60.0 Å². The minimum Gasteiger partial charge on any atom is -0.324 e. The van der Waals surface area contributed by atoms with Crippen molar-refractivity contribution in [2.45, 2.75) is 23.4 Å². The number of fused-ring (bicyclic) bond motifs is 1. The number of hydrogen-bond donors (Lipinski definition) is 2. The molecule has 0 saturated heterocycles. The SMILES string of the molecule is O=C1C[C@H](C(=O)Nc2ccncc2)n2nc(SCc3ccccc3)nc2N1. The Bertz CT molecular complexity index is 960. The highest BCUT2D eigenvalue weighted by atomic mass is 32.2. The zero-order chi connectivity index (χ0) is 18.6. The summed E-state index contributed by atoms with van der Waals surface area (Å²) in [6, 6.07) is 12.6. The molecule has 3 heterocycles. The second kappa shape index (κ2) is 7.58. The molecule has 2 aromatic heterocycles. The summed E-state index contributed by atoms with van der Waals surface area (Å²) in [4.78, 5) is 32.9. The maximum atomic E-state index is 12.7. The maximum Gasteiger partial charge on any atom is 0.249 e. The van der Waals surface area contributed by atoms with Crippen molar-refractivity contribution < 1.29 is 9.59 Å². The van der Waals surface area contributed by atoms with Gasteiger partial charge in [-0.15, -0.1) is 5.10 Å². The predicted octanol–water partition coefficient (Wildman–Crippen LogP) is 2.49. The van der Waals surface area contributed by atoms with Crippen LogP contribution < -0.4 is 10.6 Å². The van der Waals surface area contributed by atoms with Gasteiger partial charge >= 0.3 is 0 Å². The quantitative estimate of drug-likeness (QED) is 0.660. The van der Waals surface area contributed by atoms with E-state index in [9.17, 15) is 9.59 Å². The lowest BCUT2D eigenvalue weighted by Gasteiger charge is -2.22. The van der Waals surface area contributed by atoms with Gasteiger partial charge in [-0.3, -0.25) is 19.9 Å². The van der Waals surface area contributed by atoms with E-state index in [1.807, 2.05) is 30.3 Å². The number of hydrogen-bond acceptors (Lipinski definition) is 6. The average Bonchev–Trinajstić information content (AvgIpc) is 3.10. The molecule has 1 aromatic carbocycles. The molecule has 0 saturated carbocycles. The first-order chi connectivity index (χ1) is 13.2. The number of nitrogens with zero attached hydrogens (tertiary/aromatic N) is 4. The fourth-order valence-electron chi connectivity index (χ4n) is 2.69. The van der Waals surface area contributed by atoms with E-state index < -0.39 is 6.04 Å². The highest BCUT2D eigenvalue weighted by molar-refractivity contribution is 7.98. The van der Waals surface area contributed by atoms with Gasteiger partial charge in [-0.2, -0.15) is 4.98 Å². The van der Waals surface area contributed by atoms with E-state index >= 15 is 0 Å². The molecule has 4 rings (SSSR count). The van der Waals surface area contributed by atoms with Crippen molar-refractivity contribution in [1.29, 1.82) is 0 Å². The van der Waals surface area contributed by atoms with Crippen LogP contribution in [0.2, 0.25) is 0 Å². The van der Waals surface area contributed by atoms with Gasteiger partial charge in [0, 0.05) is 23.8 Å². The minimum absolute atomic E-state index is 0.00999. The number of pyridine rings is 1. The summed E-state index contributed by atoms with van der Waals surface area (Å²) in [5.41, 5.74) is 1.76. The standard InChI is InChI=1S/C18H16N6O2S/c25-15-10-14(16(26)20-13-6-8-19-9-7-13)24-17(21-15)22-18(23-24)27-11-12-4-2-1-3-5-12/h1-9,14H,10-11H2,(H,19,20,26)(H,21,22,23,25)/t14-/m1/s1. The Kier molecular flexibility index (Phi) is 4.84. The smallest absolute Gasteiger partial charge is 0.249 e. The van der Waals surface area contributed by atoms with Gasteiger partial charge in [-0.1, -0.05) is 42.1 Å². The van der Waals surface area contributed by atoms with E-state index in [-0.39, 0.29) is 24.2 Å². The van der Waals surface area contributed by atoms with Gasteiger partial charge in [0.05, 0.1) is 6.42 Å². The van der Waals surface area contributed by atoms with Gasteiger partial charge in [0.1, 0.15) is 6.04 Å². The van der Waals surface area contributed by atoms with Crippen LogP contribution in [-0.2, 0) is 15.3 Å². The highest BCUT2D eigenvalue weighted by Crippen LogP contribution is 2.28. The minimum atomic E-state index is -0.750. The van der Waals surface area contributed by atoms with Gasteiger partial charge in [0.25, 0.3) is 0 Å². The first kappa shape index (κ1) is 17.2. The monoisotopic (exact) mass is 380 g/mol. The first-order valence-corrected chi connectivity index (χ1v) is 9.31. The molecule has 0 aliphatic carbocycles. The summed E-state index contributed by atoms with van der Waals surface area (Å²) < 4.78 is 1.48. The molecular weight excluding hydrogens is 364 g/mol. The third kappa shape index (κ3) is 3.98. The molecule has 0 radical (unpaired) electrons. The maximum absolute atomic E-state index is 12.7. The summed E-state index contributed by atoms with van der Waals surface area (Å²) in [5, 5.41) is 10.4. The lowest BCUT2D eigenvalue weighted by molar-refractivity contribution is -0.125. The van der Waals surface area contributed by atoms with Gasteiger partial charge in [-0.05, 0) is 17.7 Å². The Morgan fingerprint density at radius 3 is 2.78 bits per heavy atom. The van der Waals surface area contributed by atoms with Crippen molar-refractivity contribution >= 4 is 35.2 Å². The molecular formula is C18H16N6O2S. The molecule has 2 amide bonds. The zero-order valence-electron chi connectivity index (χ0n) is 14.2. The van der Waals surface area contributed by atoms with E-state index in [4.69, 9.17) is 0 Å². The van der Waals surface area contributed by atoms with Crippen LogP contribution in [0.4, 0.5) is 11.6 Å². The van der Waals surface area contributed by atoms with Crippen molar-refractivity contribution in [3.63, 3.8) is 0 Å². The molecule has 0 unspecified atom stereocenters. The molecule has 0 bridgehead atoms. The molecule has 136 valence electrons. The highest BCUT2D eigenvalue weighted by Gasteiger charge is 2.33. The zero-order valence-corrected chi connectivity index (χ0v) is 15.0. The molecule has 1 aliphatic heterocycles. The van der Waals surface area contributed by atoms with Crippen LogP contribution >= 0.6 is 11.8 Å². The number of aromatic nitrogens is 4. The molecule has 27 heavy (non-hydrogen) atoms. The summed E-state index contributed by atoms with van der Waals surface area (Å²) >= 11 is 1.45. The van der Waals surface area contributed by atoms with Crippen LogP contribution in [0.1, 0.15) is 18.0 Å². The second-order valence-corrected chi connectivity index (χ2v) is 6.87. The second-order valence-electron chi connectivity index (χ2n) is 5.93. The fraction of sp³-hybridized carbons (Fsp3) is 0.167. The van der Waals surface area contributed by atoms with Gasteiger partial charge in [-0.25, -0.2) is 4.68 Å². The normalized spacial score (nSPS) is 15.7. The number of rotatable bonds is 5. The van der Waals surface area contributed by atoms with Crippen molar-refractivity contribution in [2.75, 3.05) is 10.6 Å². The Hall–Kier alpha value is -3.20. The van der Waals surface area contributed by atoms with Gasteiger partial charge in [0.15, 0.2) is 0 Å². The molecule has 9 heteroatoms. The Balaban J connectivity index is 1.51. The van der Waals surface area contributed by atoms with Crippen molar-refractivity contribution in [3.8, 4) is 0 Å². The molecule has 2 N–H and O–H groups in total. The average molecular weight is 380 g/mol. The molecule has 1 aliphatic rings. The number of amides is 2. The lowest BCUT2D eigenvalue weighted by Crippen LogP contribution is -2.36. The van der Waals surface area contributed by atoms with Crippen LogP contribution in [0.25, 0.3) is 0 Å². The number of carbonyl (C=O) groups excluding carboxylic acids is 2. The van der Waals surface area contributed by atoms with Crippen molar-refractivity contribution in [2.24, 2.45) is 0 Å². The van der Waals surface area contributed by atoms with E-state index in [2.05, 4.69) is 25.7 Å². The summed E-state index contributed by atoms with van der Waals surface area (Å²) in [7, 11) is 0. The van der Waals surface area contributed by atoms with Gasteiger partial charge < -0.3 is 5.32 Å². The van der Waals surface area contributed by atoms with E-state index in [1.54, 1.807) is 24.5 Å². The lowest BCUT2D eigenvalue weighted by atomic mass is 10.1.